The Morgan fingerprint density at radius 2 is 2.12 bits per heavy atom. The second-order valence-corrected chi connectivity index (χ2v) is 3.97. The van der Waals surface area contributed by atoms with Gasteiger partial charge in [0.15, 0.2) is 0 Å². The second kappa shape index (κ2) is 4.41. The molecule has 1 aliphatic rings. The average molecular weight is 242 g/mol. The molecule has 0 aliphatic carbocycles. The quantitative estimate of drug-likeness (QED) is 0.326. The van der Waals surface area contributed by atoms with Crippen LogP contribution in [0.4, 0.5) is 5.82 Å². The molecule has 2 heterocycles. The Morgan fingerprint density at radius 3 is 2.65 bits per heavy atom. The lowest BCUT2D eigenvalue weighted by Gasteiger charge is -2.16. The zero-order chi connectivity index (χ0) is 12.6. The molecule has 0 bridgehead atoms. The number of nitrogens with two attached hydrogens (primary N) is 1. The van der Waals surface area contributed by atoms with Gasteiger partial charge < -0.3 is 26.4 Å². The number of aromatic amines is 1. The number of rotatable bonds is 2. The first-order valence-electron chi connectivity index (χ1n) is 5.12. The van der Waals surface area contributed by atoms with E-state index in [0.717, 1.165) is 0 Å². The molecule has 1 saturated heterocycles. The van der Waals surface area contributed by atoms with Crippen LogP contribution in [0, 0.1) is 0 Å². The van der Waals surface area contributed by atoms with Gasteiger partial charge in [-0.25, -0.2) is 9.78 Å². The molecule has 8 heteroatoms. The van der Waals surface area contributed by atoms with E-state index in [0.29, 0.717) is 5.56 Å². The van der Waals surface area contributed by atoms with Crippen LogP contribution in [-0.2, 0) is 0 Å². The van der Waals surface area contributed by atoms with Crippen molar-refractivity contribution in [3.8, 4) is 0 Å². The monoisotopic (exact) mass is 242 g/mol. The number of aliphatic hydroxyl groups excluding tert-OH is 3. The van der Waals surface area contributed by atoms with Crippen LogP contribution in [0.25, 0.3) is 0 Å². The van der Waals surface area contributed by atoms with Gasteiger partial charge in [0.05, 0.1) is 24.8 Å². The van der Waals surface area contributed by atoms with E-state index in [4.69, 9.17) is 10.8 Å². The summed E-state index contributed by atoms with van der Waals surface area (Å²) in [7, 11) is 0. The summed E-state index contributed by atoms with van der Waals surface area (Å²) in [5.41, 5.74) is 5.40. The molecule has 17 heavy (non-hydrogen) atoms. The van der Waals surface area contributed by atoms with Crippen LogP contribution in [0.5, 0.6) is 0 Å². The fourth-order valence-electron chi connectivity index (χ4n) is 1.96. The van der Waals surface area contributed by atoms with Gasteiger partial charge in [-0.2, -0.15) is 0 Å². The summed E-state index contributed by atoms with van der Waals surface area (Å²) >= 11 is 0. The fourth-order valence-corrected chi connectivity index (χ4v) is 1.96. The predicted molar refractivity (Wildman–Crippen MR) is 58.0 cm³/mol. The third kappa shape index (κ3) is 2.03. The third-order valence-electron chi connectivity index (χ3n) is 2.90. The summed E-state index contributed by atoms with van der Waals surface area (Å²) in [5.74, 6) is 0.0762. The van der Waals surface area contributed by atoms with Crippen LogP contribution in [0.15, 0.2) is 11.0 Å². The number of nitrogen functional groups attached to an aromatic ring is 1. The van der Waals surface area contributed by atoms with Crippen LogP contribution in [0.2, 0.25) is 0 Å². The first kappa shape index (κ1) is 12.0. The Morgan fingerprint density at radius 1 is 1.41 bits per heavy atom. The van der Waals surface area contributed by atoms with Crippen molar-refractivity contribution < 1.29 is 15.3 Å². The minimum absolute atomic E-state index is 0.0762. The topological polar surface area (TPSA) is 144 Å². The number of nitrogens with one attached hydrogen (secondary N) is 2. The number of aliphatic hydroxyl groups is 3. The maximum atomic E-state index is 10.9. The maximum Gasteiger partial charge on any atom is 0.346 e. The molecule has 8 nitrogen and oxygen atoms in total. The van der Waals surface area contributed by atoms with Gasteiger partial charge in [0.2, 0.25) is 0 Å². The summed E-state index contributed by atoms with van der Waals surface area (Å²) < 4.78 is 0. The van der Waals surface area contributed by atoms with Gasteiger partial charge in [0.1, 0.15) is 11.9 Å². The normalized spacial score (nSPS) is 32.9. The minimum atomic E-state index is -1.12. The number of aromatic nitrogens is 2. The van der Waals surface area contributed by atoms with Crippen LogP contribution in [-0.4, -0.2) is 50.1 Å². The standard InChI is InChI=1S/C9H14N4O4/c10-8-3(1-11-9(17)13-8)5-7(16)6(15)4(2-14)12-5/h1,4-7,12,14-16H,2H2,(H3,10,11,13,17). The molecule has 2 rings (SSSR count). The van der Waals surface area contributed by atoms with Crippen LogP contribution >= 0.6 is 0 Å². The lowest BCUT2D eigenvalue weighted by atomic mass is 10.0. The Bertz CT molecular complexity index is 463. The molecule has 4 unspecified atom stereocenters. The first-order chi connectivity index (χ1) is 8.04. The summed E-state index contributed by atoms with van der Waals surface area (Å²) in [5, 5.41) is 31.3. The molecule has 7 N–H and O–H groups in total. The maximum absolute atomic E-state index is 10.9. The highest BCUT2D eigenvalue weighted by atomic mass is 16.3. The molecule has 0 radical (unpaired) electrons. The van der Waals surface area contributed by atoms with Gasteiger partial charge in [-0.05, 0) is 0 Å². The zero-order valence-corrected chi connectivity index (χ0v) is 8.87. The highest BCUT2D eigenvalue weighted by Crippen LogP contribution is 2.28. The van der Waals surface area contributed by atoms with E-state index in [1.165, 1.54) is 6.20 Å². The predicted octanol–water partition coefficient (Wildman–Crippen LogP) is -2.92. The van der Waals surface area contributed by atoms with E-state index in [2.05, 4.69) is 15.3 Å². The van der Waals surface area contributed by atoms with E-state index in [1.807, 2.05) is 0 Å². The van der Waals surface area contributed by atoms with Gasteiger partial charge in [-0.15, -0.1) is 0 Å². The van der Waals surface area contributed by atoms with E-state index in [1.54, 1.807) is 0 Å². The van der Waals surface area contributed by atoms with E-state index in [-0.39, 0.29) is 12.4 Å². The summed E-state index contributed by atoms with van der Waals surface area (Å²) in [6, 6.07) is -1.31. The van der Waals surface area contributed by atoms with Crippen molar-refractivity contribution in [2.75, 3.05) is 12.3 Å². The Kier molecular flexibility index (Phi) is 3.11. The minimum Gasteiger partial charge on any atom is -0.395 e. The van der Waals surface area contributed by atoms with Crippen LogP contribution in [0.3, 0.4) is 0 Å². The van der Waals surface area contributed by atoms with Crippen molar-refractivity contribution in [3.63, 3.8) is 0 Å². The number of nitrogens with zero attached hydrogens (tertiary/aromatic N) is 1. The molecule has 1 aromatic heterocycles. The van der Waals surface area contributed by atoms with Crippen molar-refractivity contribution in [1.29, 1.82) is 0 Å². The van der Waals surface area contributed by atoms with E-state index in [9.17, 15) is 15.0 Å². The Balaban J connectivity index is 2.32. The molecule has 0 saturated carbocycles. The molecule has 94 valence electrons. The molecular weight excluding hydrogens is 228 g/mol. The molecule has 0 amide bonds. The van der Waals surface area contributed by atoms with E-state index < -0.39 is 30.0 Å². The second-order valence-electron chi connectivity index (χ2n) is 3.97. The van der Waals surface area contributed by atoms with Crippen LogP contribution in [0.1, 0.15) is 11.6 Å². The SMILES string of the molecule is Nc1[nH]c(=O)ncc1C1NC(CO)C(O)C1O. The van der Waals surface area contributed by atoms with Crippen molar-refractivity contribution in [1.82, 2.24) is 15.3 Å². The fraction of sp³-hybridized carbons (Fsp3) is 0.556. The molecule has 0 aromatic carbocycles. The first-order valence-corrected chi connectivity index (χ1v) is 5.12. The summed E-state index contributed by atoms with van der Waals surface area (Å²) in [6.07, 6.45) is -0.986. The van der Waals surface area contributed by atoms with Crippen molar-refractivity contribution in [3.05, 3.63) is 22.2 Å². The Hall–Kier alpha value is -1.48. The Labute approximate surface area is 96.1 Å². The molecule has 0 spiro atoms. The van der Waals surface area contributed by atoms with Crippen molar-refractivity contribution in [2.24, 2.45) is 0 Å². The molecule has 4 atom stereocenters. The van der Waals surface area contributed by atoms with E-state index >= 15 is 0 Å². The van der Waals surface area contributed by atoms with Gasteiger partial charge in [0, 0.05) is 11.8 Å². The molecule has 1 fully saturated rings. The lowest BCUT2D eigenvalue weighted by molar-refractivity contribution is 0.0194. The summed E-state index contributed by atoms with van der Waals surface area (Å²) in [6.45, 7) is -0.314. The highest BCUT2D eigenvalue weighted by molar-refractivity contribution is 5.40. The molecule has 1 aromatic rings. The summed E-state index contributed by atoms with van der Waals surface area (Å²) in [4.78, 5) is 16.7. The van der Waals surface area contributed by atoms with Gasteiger partial charge >= 0.3 is 5.69 Å². The molecule has 1 aliphatic heterocycles. The van der Waals surface area contributed by atoms with Gasteiger partial charge in [-0.3, -0.25) is 4.98 Å². The van der Waals surface area contributed by atoms with Gasteiger partial charge in [-0.1, -0.05) is 0 Å². The average Bonchev–Trinajstić information content (AvgIpc) is 2.57. The number of anilines is 1. The lowest BCUT2D eigenvalue weighted by Crippen LogP contribution is -2.35. The van der Waals surface area contributed by atoms with Crippen LogP contribution < -0.4 is 16.7 Å². The smallest absolute Gasteiger partial charge is 0.346 e. The van der Waals surface area contributed by atoms with Gasteiger partial charge in [0.25, 0.3) is 0 Å². The van der Waals surface area contributed by atoms with Crippen molar-refractivity contribution >= 4 is 5.82 Å². The molecular formula is C9H14N4O4. The number of hydrogen-bond donors (Lipinski definition) is 6. The van der Waals surface area contributed by atoms with Crippen molar-refractivity contribution in [2.45, 2.75) is 24.3 Å². The zero-order valence-electron chi connectivity index (χ0n) is 8.87. The highest BCUT2D eigenvalue weighted by Gasteiger charge is 2.42. The number of H-pyrrole nitrogens is 1. The third-order valence-corrected chi connectivity index (χ3v) is 2.90. The number of hydrogen-bond acceptors (Lipinski definition) is 7. The largest absolute Gasteiger partial charge is 0.395 e.